The van der Waals surface area contributed by atoms with Crippen molar-refractivity contribution in [3.05, 3.63) is 126 Å². The lowest BCUT2D eigenvalue weighted by Crippen LogP contribution is -2.23. The number of nitrogens with one attached hydrogen (secondary N) is 1. The first-order valence-corrected chi connectivity index (χ1v) is 12.3. The van der Waals surface area contributed by atoms with E-state index in [-0.39, 0.29) is 16.8 Å². The molecule has 8 nitrogen and oxygen atoms in total. The first-order valence-electron chi connectivity index (χ1n) is 12.3. The predicted molar refractivity (Wildman–Crippen MR) is 146 cm³/mol. The van der Waals surface area contributed by atoms with E-state index in [2.05, 4.69) is 25.1 Å². The van der Waals surface area contributed by atoms with Gasteiger partial charge in [-0.1, -0.05) is 66.7 Å². The van der Waals surface area contributed by atoms with E-state index >= 15 is 4.39 Å². The van der Waals surface area contributed by atoms with Crippen LogP contribution in [0.1, 0.15) is 21.5 Å². The average molecular weight is 519 g/mol. The number of benzene rings is 3. The summed E-state index contributed by atoms with van der Waals surface area (Å²) in [7, 11) is 0. The maximum atomic E-state index is 15.7. The Labute approximate surface area is 223 Å². The predicted octanol–water partition coefficient (Wildman–Crippen LogP) is 5.85. The van der Waals surface area contributed by atoms with Crippen molar-refractivity contribution in [2.24, 2.45) is 0 Å². The summed E-state index contributed by atoms with van der Waals surface area (Å²) in [4.78, 5) is 23.3. The van der Waals surface area contributed by atoms with E-state index in [1.165, 1.54) is 23.4 Å². The fourth-order valence-electron chi connectivity index (χ4n) is 4.69. The molecule has 0 saturated carbocycles. The highest BCUT2D eigenvalue weighted by atomic mass is 19.1. The molecular weight excluding hydrogens is 495 g/mol. The average Bonchev–Trinajstić information content (AvgIpc) is 3.64. The second-order valence-corrected chi connectivity index (χ2v) is 9.06. The number of carboxylic acid groups (broad SMARTS) is 1. The lowest BCUT2D eigenvalue weighted by atomic mass is 10.1. The van der Waals surface area contributed by atoms with Gasteiger partial charge in [-0.3, -0.25) is 0 Å². The number of carbonyl (C=O) groups is 1. The summed E-state index contributed by atoms with van der Waals surface area (Å²) >= 11 is 0. The Morgan fingerprint density at radius 2 is 1.54 bits per heavy atom. The number of pyridine rings is 1. The first-order chi connectivity index (χ1) is 19.1. The normalized spacial score (nSPS) is 11.1. The van der Waals surface area contributed by atoms with E-state index in [1.54, 1.807) is 24.3 Å². The van der Waals surface area contributed by atoms with Crippen LogP contribution in [0.25, 0.3) is 27.8 Å². The number of aromatic amines is 1. The molecule has 0 saturated heterocycles. The molecule has 0 aliphatic rings. The molecule has 0 bridgehead atoms. The van der Waals surface area contributed by atoms with Gasteiger partial charge in [-0.25, -0.2) is 14.2 Å². The monoisotopic (exact) mass is 518 g/mol. The van der Waals surface area contributed by atoms with Crippen molar-refractivity contribution in [2.75, 3.05) is 4.90 Å². The molecule has 3 aromatic carbocycles. The number of halogens is 1. The molecule has 3 aromatic heterocycles. The second-order valence-electron chi connectivity index (χ2n) is 9.06. The number of H-pyrrole nitrogens is 1. The molecule has 0 aliphatic carbocycles. The number of aromatic carboxylic acids is 1. The van der Waals surface area contributed by atoms with Crippen LogP contribution in [0.15, 0.2) is 104 Å². The Balaban J connectivity index is 1.51. The van der Waals surface area contributed by atoms with Crippen LogP contribution in [0.3, 0.4) is 0 Å². The third-order valence-corrected chi connectivity index (χ3v) is 6.51. The van der Waals surface area contributed by atoms with Gasteiger partial charge in [-0.05, 0) is 29.3 Å². The molecule has 0 aliphatic heterocycles. The van der Waals surface area contributed by atoms with Crippen LogP contribution in [-0.2, 0) is 13.1 Å². The molecular formula is C30H23FN6O2. The van der Waals surface area contributed by atoms with Crippen LogP contribution < -0.4 is 4.90 Å². The number of rotatable bonds is 8. The number of nitrogens with zero attached hydrogens (tertiary/aromatic N) is 5. The lowest BCUT2D eigenvalue weighted by molar-refractivity contribution is 0.0698. The first kappa shape index (κ1) is 24.1. The molecule has 39 heavy (non-hydrogen) atoms. The van der Waals surface area contributed by atoms with Gasteiger partial charge < -0.3 is 15.0 Å². The lowest BCUT2D eigenvalue weighted by Gasteiger charge is -2.25. The van der Waals surface area contributed by atoms with Crippen LogP contribution in [0, 0.1) is 5.82 Å². The summed E-state index contributed by atoms with van der Waals surface area (Å²) in [6.45, 7) is 1.07. The number of aromatic nitrogens is 5. The Hall–Kier alpha value is -5.31. The van der Waals surface area contributed by atoms with Crippen molar-refractivity contribution >= 4 is 22.7 Å². The van der Waals surface area contributed by atoms with Gasteiger partial charge in [0.25, 0.3) is 0 Å². The maximum absolute atomic E-state index is 15.7. The zero-order valence-corrected chi connectivity index (χ0v) is 20.7. The van der Waals surface area contributed by atoms with E-state index in [0.717, 1.165) is 11.1 Å². The number of anilines is 1. The third kappa shape index (κ3) is 4.73. The summed E-state index contributed by atoms with van der Waals surface area (Å²) < 4.78 is 15.7. The minimum Gasteiger partial charge on any atom is -0.478 e. The summed E-state index contributed by atoms with van der Waals surface area (Å²) in [5, 5.41) is 18.4. The SMILES string of the molecule is O=C(O)c1cnc(N(Cc2ccccc2)Cc2ccccc2)c2[nH]c(-c3cccc(-n4nccn4)c3F)cc12. The topological polar surface area (TPSA) is 99.9 Å². The Kier molecular flexibility index (Phi) is 6.30. The molecule has 0 spiro atoms. The fourth-order valence-corrected chi connectivity index (χ4v) is 4.69. The van der Waals surface area contributed by atoms with Gasteiger partial charge in [-0.2, -0.15) is 10.2 Å². The van der Waals surface area contributed by atoms with Gasteiger partial charge in [0.2, 0.25) is 0 Å². The number of carboxylic acids is 1. The second kappa shape index (κ2) is 10.2. The van der Waals surface area contributed by atoms with Crippen LogP contribution in [0.5, 0.6) is 0 Å². The standard InChI is InChI=1S/C30H23FN6O2/c31-27-22(12-7-13-26(27)37-33-14-15-34-37)25-16-23-24(30(38)39)17-32-29(28(23)35-25)36(18-20-8-3-1-4-9-20)19-21-10-5-2-6-11-21/h1-17,35H,18-19H2,(H,38,39). The molecule has 3 heterocycles. The molecule has 0 atom stereocenters. The van der Waals surface area contributed by atoms with Gasteiger partial charge in [-0.15, -0.1) is 4.80 Å². The highest BCUT2D eigenvalue weighted by Crippen LogP contribution is 2.35. The van der Waals surface area contributed by atoms with Crippen molar-refractivity contribution in [3.8, 4) is 16.9 Å². The molecule has 0 unspecified atom stereocenters. The van der Waals surface area contributed by atoms with Crippen molar-refractivity contribution in [3.63, 3.8) is 0 Å². The zero-order chi connectivity index (χ0) is 26.8. The molecule has 0 radical (unpaired) electrons. The fraction of sp³-hybridized carbons (Fsp3) is 0.0667. The summed E-state index contributed by atoms with van der Waals surface area (Å²) in [6, 6.07) is 26.5. The Bertz CT molecular complexity index is 1710. The molecule has 0 amide bonds. The molecule has 2 N–H and O–H groups in total. The van der Waals surface area contributed by atoms with Gasteiger partial charge in [0, 0.05) is 35.9 Å². The summed E-state index contributed by atoms with van der Waals surface area (Å²) in [5.74, 6) is -1.08. The highest BCUT2D eigenvalue weighted by Gasteiger charge is 2.22. The van der Waals surface area contributed by atoms with Gasteiger partial charge >= 0.3 is 5.97 Å². The van der Waals surface area contributed by atoms with Crippen molar-refractivity contribution in [1.82, 2.24) is 25.0 Å². The van der Waals surface area contributed by atoms with E-state index in [4.69, 9.17) is 0 Å². The van der Waals surface area contributed by atoms with E-state index < -0.39 is 11.8 Å². The Morgan fingerprint density at radius 3 is 2.15 bits per heavy atom. The molecule has 0 fully saturated rings. The van der Waals surface area contributed by atoms with E-state index in [9.17, 15) is 9.90 Å². The van der Waals surface area contributed by atoms with Crippen LogP contribution in [0.2, 0.25) is 0 Å². The van der Waals surface area contributed by atoms with Crippen LogP contribution in [0.4, 0.5) is 10.2 Å². The summed E-state index contributed by atoms with van der Waals surface area (Å²) in [5.41, 5.74) is 3.56. The van der Waals surface area contributed by atoms with E-state index in [1.807, 2.05) is 60.7 Å². The van der Waals surface area contributed by atoms with Crippen LogP contribution >= 0.6 is 0 Å². The maximum Gasteiger partial charge on any atom is 0.337 e. The molecule has 6 aromatic rings. The molecule has 192 valence electrons. The van der Waals surface area contributed by atoms with Crippen LogP contribution in [-0.4, -0.2) is 36.0 Å². The quantitative estimate of drug-likeness (QED) is 0.262. The number of fused-ring (bicyclic) bond motifs is 1. The third-order valence-electron chi connectivity index (χ3n) is 6.51. The van der Waals surface area contributed by atoms with Crippen molar-refractivity contribution < 1.29 is 14.3 Å². The molecule has 9 heteroatoms. The van der Waals surface area contributed by atoms with Gasteiger partial charge in [0.1, 0.15) is 5.69 Å². The van der Waals surface area contributed by atoms with Crippen molar-refractivity contribution in [1.29, 1.82) is 0 Å². The number of hydrogen-bond acceptors (Lipinski definition) is 5. The van der Waals surface area contributed by atoms with E-state index in [0.29, 0.717) is 35.5 Å². The minimum atomic E-state index is -1.11. The summed E-state index contributed by atoms with van der Waals surface area (Å²) in [6.07, 6.45) is 4.31. The van der Waals surface area contributed by atoms with Gasteiger partial charge in [0.05, 0.1) is 23.5 Å². The van der Waals surface area contributed by atoms with Crippen molar-refractivity contribution in [2.45, 2.75) is 13.1 Å². The highest BCUT2D eigenvalue weighted by molar-refractivity contribution is 6.07. The smallest absolute Gasteiger partial charge is 0.337 e. The minimum absolute atomic E-state index is 0.0286. The number of hydrogen-bond donors (Lipinski definition) is 2. The largest absolute Gasteiger partial charge is 0.478 e. The molecule has 6 rings (SSSR count). The van der Waals surface area contributed by atoms with Gasteiger partial charge in [0.15, 0.2) is 11.6 Å². The Morgan fingerprint density at radius 1 is 0.897 bits per heavy atom. The zero-order valence-electron chi connectivity index (χ0n) is 20.7.